The number of fused-ring (bicyclic) bond motifs is 1. The Kier molecular flexibility index (Phi) is 5.31. The zero-order valence-corrected chi connectivity index (χ0v) is 16.3. The van der Waals surface area contributed by atoms with Crippen LogP contribution in [0.1, 0.15) is 27.2 Å². The number of hydrogen-bond donors (Lipinski definition) is 1. The largest absolute Gasteiger partial charge is 0.497 e. The van der Waals surface area contributed by atoms with E-state index in [9.17, 15) is 14.7 Å². The van der Waals surface area contributed by atoms with Crippen molar-refractivity contribution in [2.45, 2.75) is 44.9 Å². The average molecular weight is 388 g/mol. The third-order valence-electron chi connectivity index (χ3n) is 4.40. The second-order valence-corrected chi connectivity index (χ2v) is 7.68. The Balaban J connectivity index is 1.85. The molecule has 28 heavy (non-hydrogen) atoms. The molecule has 1 fully saturated rings. The molecule has 1 aliphatic heterocycles. The summed E-state index contributed by atoms with van der Waals surface area (Å²) < 4.78 is 16.8. The van der Waals surface area contributed by atoms with E-state index in [0.717, 1.165) is 10.8 Å². The summed E-state index contributed by atoms with van der Waals surface area (Å²) in [6.07, 6.45) is 2.35. The number of amides is 1. The standard InChI is InChI=1S/C20H24N2O6/c1-20(2,3)28-19(25)22-11-14(8-16(22)18(23)24)27-17-9-13(26-4)7-12-5-6-21-10-15(12)17/h5-7,9-10,14,16H,8,11H2,1-4H3,(H,23,24)/t14-,16+/m1/s1. The first-order valence-corrected chi connectivity index (χ1v) is 8.99. The zero-order chi connectivity index (χ0) is 20.5. The van der Waals surface area contributed by atoms with Gasteiger partial charge in [0.15, 0.2) is 0 Å². The number of nitrogens with zero attached hydrogens (tertiary/aromatic N) is 2. The maximum Gasteiger partial charge on any atom is 0.411 e. The highest BCUT2D eigenvalue weighted by Crippen LogP contribution is 2.33. The van der Waals surface area contributed by atoms with Crippen molar-refractivity contribution in [3.63, 3.8) is 0 Å². The number of methoxy groups -OCH3 is 1. The molecule has 2 aromatic rings. The molecule has 150 valence electrons. The molecule has 1 N–H and O–H groups in total. The van der Waals surface area contributed by atoms with Crippen LogP contribution < -0.4 is 9.47 Å². The predicted octanol–water partition coefficient (Wildman–Crippen LogP) is 3.08. The summed E-state index contributed by atoms with van der Waals surface area (Å²) in [5.41, 5.74) is -0.715. The van der Waals surface area contributed by atoms with E-state index in [-0.39, 0.29) is 13.0 Å². The summed E-state index contributed by atoms with van der Waals surface area (Å²) in [7, 11) is 1.56. The fourth-order valence-corrected chi connectivity index (χ4v) is 3.17. The number of ether oxygens (including phenoxy) is 3. The average Bonchev–Trinajstić information content (AvgIpc) is 3.04. The molecule has 0 radical (unpaired) electrons. The molecule has 1 aromatic carbocycles. The van der Waals surface area contributed by atoms with Crippen LogP contribution >= 0.6 is 0 Å². The fraction of sp³-hybridized carbons (Fsp3) is 0.450. The van der Waals surface area contributed by atoms with Crippen molar-refractivity contribution in [2.75, 3.05) is 13.7 Å². The van der Waals surface area contributed by atoms with Crippen LogP contribution in [0, 0.1) is 0 Å². The van der Waals surface area contributed by atoms with Gasteiger partial charge in [0, 0.05) is 30.3 Å². The van der Waals surface area contributed by atoms with Crippen LogP contribution in [0.2, 0.25) is 0 Å². The van der Waals surface area contributed by atoms with Crippen LogP contribution in [0.3, 0.4) is 0 Å². The Morgan fingerprint density at radius 2 is 2.04 bits per heavy atom. The van der Waals surface area contributed by atoms with Gasteiger partial charge in [-0.25, -0.2) is 9.59 Å². The summed E-state index contributed by atoms with van der Waals surface area (Å²) in [4.78, 5) is 29.4. The highest BCUT2D eigenvalue weighted by molar-refractivity contribution is 5.89. The van der Waals surface area contributed by atoms with Crippen LogP contribution in [0.15, 0.2) is 30.6 Å². The van der Waals surface area contributed by atoms with Gasteiger partial charge in [-0.1, -0.05) is 0 Å². The third-order valence-corrected chi connectivity index (χ3v) is 4.40. The van der Waals surface area contributed by atoms with Crippen LogP contribution in [-0.4, -0.2) is 58.5 Å². The first kappa shape index (κ1) is 19.7. The Morgan fingerprint density at radius 3 is 2.68 bits per heavy atom. The van der Waals surface area contributed by atoms with Crippen molar-refractivity contribution in [1.29, 1.82) is 0 Å². The van der Waals surface area contributed by atoms with Crippen molar-refractivity contribution in [3.8, 4) is 11.5 Å². The van der Waals surface area contributed by atoms with Gasteiger partial charge in [0.05, 0.1) is 13.7 Å². The third kappa shape index (κ3) is 4.27. The van der Waals surface area contributed by atoms with E-state index in [4.69, 9.17) is 14.2 Å². The lowest BCUT2D eigenvalue weighted by molar-refractivity contribution is -0.142. The number of carbonyl (C=O) groups excluding carboxylic acids is 1. The number of carboxylic acids is 1. The number of carbonyl (C=O) groups is 2. The van der Waals surface area contributed by atoms with E-state index in [2.05, 4.69) is 4.98 Å². The molecule has 0 saturated carbocycles. The first-order chi connectivity index (χ1) is 13.2. The van der Waals surface area contributed by atoms with Crippen molar-refractivity contribution in [2.24, 2.45) is 0 Å². The zero-order valence-electron chi connectivity index (χ0n) is 16.3. The number of aromatic nitrogens is 1. The molecule has 1 aliphatic rings. The van der Waals surface area contributed by atoms with Crippen molar-refractivity contribution < 1.29 is 28.9 Å². The number of pyridine rings is 1. The minimum absolute atomic E-state index is 0.116. The van der Waals surface area contributed by atoms with Gasteiger partial charge in [0.25, 0.3) is 0 Å². The van der Waals surface area contributed by atoms with Gasteiger partial charge in [-0.2, -0.15) is 0 Å². The fourth-order valence-electron chi connectivity index (χ4n) is 3.17. The molecular weight excluding hydrogens is 364 g/mol. The van der Waals surface area contributed by atoms with Crippen LogP contribution in [0.25, 0.3) is 10.8 Å². The number of likely N-dealkylation sites (tertiary alicyclic amines) is 1. The van der Waals surface area contributed by atoms with E-state index in [0.29, 0.717) is 11.5 Å². The van der Waals surface area contributed by atoms with E-state index < -0.39 is 29.8 Å². The van der Waals surface area contributed by atoms with Crippen LogP contribution in [0.4, 0.5) is 4.79 Å². The van der Waals surface area contributed by atoms with Gasteiger partial charge in [-0.15, -0.1) is 0 Å². The quantitative estimate of drug-likeness (QED) is 0.859. The summed E-state index contributed by atoms with van der Waals surface area (Å²) in [5, 5.41) is 11.2. The van der Waals surface area contributed by atoms with Gasteiger partial charge in [0.1, 0.15) is 29.2 Å². The summed E-state index contributed by atoms with van der Waals surface area (Å²) >= 11 is 0. The normalized spacial score (nSPS) is 19.5. The maximum atomic E-state index is 12.4. The van der Waals surface area contributed by atoms with E-state index in [1.165, 1.54) is 4.90 Å². The lowest BCUT2D eigenvalue weighted by Gasteiger charge is -2.26. The number of benzene rings is 1. The summed E-state index contributed by atoms with van der Waals surface area (Å²) in [6.45, 7) is 5.32. The molecule has 8 heteroatoms. The Morgan fingerprint density at radius 1 is 1.29 bits per heavy atom. The van der Waals surface area contributed by atoms with Gasteiger partial charge in [-0.3, -0.25) is 9.88 Å². The molecule has 0 bridgehead atoms. The molecule has 8 nitrogen and oxygen atoms in total. The van der Waals surface area contributed by atoms with Crippen molar-refractivity contribution in [3.05, 3.63) is 30.6 Å². The Bertz CT molecular complexity index is 892. The minimum Gasteiger partial charge on any atom is -0.497 e. The molecular formula is C20H24N2O6. The highest BCUT2D eigenvalue weighted by atomic mass is 16.6. The lowest BCUT2D eigenvalue weighted by atomic mass is 10.1. The second-order valence-electron chi connectivity index (χ2n) is 7.68. The smallest absolute Gasteiger partial charge is 0.411 e. The maximum absolute atomic E-state index is 12.4. The van der Waals surface area contributed by atoms with Gasteiger partial charge < -0.3 is 19.3 Å². The number of carboxylic acid groups (broad SMARTS) is 1. The van der Waals surface area contributed by atoms with Gasteiger partial charge >= 0.3 is 12.1 Å². The monoisotopic (exact) mass is 388 g/mol. The minimum atomic E-state index is -1.09. The number of hydrogen-bond acceptors (Lipinski definition) is 6. The van der Waals surface area contributed by atoms with Gasteiger partial charge in [0.2, 0.25) is 0 Å². The van der Waals surface area contributed by atoms with Crippen LogP contribution in [-0.2, 0) is 9.53 Å². The molecule has 1 amide bonds. The molecule has 0 spiro atoms. The molecule has 0 aliphatic carbocycles. The molecule has 0 unspecified atom stereocenters. The topological polar surface area (TPSA) is 98.2 Å². The predicted molar refractivity (Wildman–Crippen MR) is 102 cm³/mol. The summed E-state index contributed by atoms with van der Waals surface area (Å²) in [5.74, 6) is 0.0576. The number of rotatable bonds is 4. The molecule has 1 saturated heterocycles. The Labute approximate surface area is 163 Å². The molecule has 2 atom stereocenters. The SMILES string of the molecule is COc1cc(O[C@@H]2C[C@@H](C(=O)O)N(C(=O)OC(C)(C)C)C2)c2cnccc2c1. The molecule has 1 aromatic heterocycles. The van der Waals surface area contributed by atoms with E-state index in [1.807, 2.05) is 12.1 Å². The first-order valence-electron chi connectivity index (χ1n) is 8.99. The van der Waals surface area contributed by atoms with E-state index >= 15 is 0 Å². The van der Waals surface area contributed by atoms with Crippen LogP contribution in [0.5, 0.6) is 11.5 Å². The second kappa shape index (κ2) is 7.53. The lowest BCUT2D eigenvalue weighted by Crippen LogP contribution is -2.43. The number of aliphatic carboxylic acids is 1. The van der Waals surface area contributed by atoms with Crippen molar-refractivity contribution >= 4 is 22.8 Å². The van der Waals surface area contributed by atoms with Gasteiger partial charge in [-0.05, 0) is 38.3 Å². The Hall–Kier alpha value is -3.03. The molecule has 2 heterocycles. The van der Waals surface area contributed by atoms with Crippen molar-refractivity contribution in [1.82, 2.24) is 9.88 Å². The van der Waals surface area contributed by atoms with E-state index in [1.54, 1.807) is 46.3 Å². The molecule has 3 rings (SSSR count). The highest BCUT2D eigenvalue weighted by Gasteiger charge is 2.42. The summed E-state index contributed by atoms with van der Waals surface area (Å²) in [6, 6.07) is 4.43.